The molecule has 1 aromatic carbocycles. The molecule has 0 heterocycles. The molecular formula is C12H18N2O4S. The SMILES string of the molecule is CCOCCC(=O)Nc1cc(S(N)(=O)=O)ccc1C. The van der Waals surface area contributed by atoms with Gasteiger partial charge in [0.05, 0.1) is 17.9 Å². The minimum Gasteiger partial charge on any atom is -0.381 e. The van der Waals surface area contributed by atoms with Crippen LogP contribution in [0.25, 0.3) is 0 Å². The summed E-state index contributed by atoms with van der Waals surface area (Å²) in [4.78, 5) is 11.6. The average molecular weight is 286 g/mol. The smallest absolute Gasteiger partial charge is 0.238 e. The van der Waals surface area contributed by atoms with Crippen LogP contribution in [0.3, 0.4) is 0 Å². The van der Waals surface area contributed by atoms with Crippen molar-refractivity contribution in [1.29, 1.82) is 0 Å². The van der Waals surface area contributed by atoms with E-state index in [9.17, 15) is 13.2 Å². The second-order valence-corrected chi connectivity index (χ2v) is 5.58. The van der Waals surface area contributed by atoms with Crippen molar-refractivity contribution < 1.29 is 17.9 Å². The van der Waals surface area contributed by atoms with E-state index in [1.54, 1.807) is 13.0 Å². The first-order valence-corrected chi connectivity index (χ1v) is 7.40. The van der Waals surface area contributed by atoms with Gasteiger partial charge in [-0.25, -0.2) is 13.6 Å². The standard InChI is InChI=1S/C12H18N2O4S/c1-3-18-7-6-12(15)14-11-8-10(19(13,16)17)5-4-9(11)2/h4-5,8H,3,6-7H2,1-2H3,(H,14,15)(H2,13,16,17). The van der Waals surface area contributed by atoms with Gasteiger partial charge in [-0.15, -0.1) is 0 Å². The minimum atomic E-state index is -3.77. The molecule has 0 saturated carbocycles. The second kappa shape index (κ2) is 6.65. The normalized spacial score (nSPS) is 11.3. The molecule has 0 unspecified atom stereocenters. The Morgan fingerprint density at radius 3 is 2.68 bits per heavy atom. The molecule has 0 aliphatic rings. The second-order valence-electron chi connectivity index (χ2n) is 4.02. The Morgan fingerprint density at radius 2 is 2.11 bits per heavy atom. The Kier molecular flexibility index (Phi) is 5.46. The van der Waals surface area contributed by atoms with E-state index in [1.165, 1.54) is 12.1 Å². The summed E-state index contributed by atoms with van der Waals surface area (Å²) in [5, 5.41) is 7.69. The fourth-order valence-corrected chi connectivity index (χ4v) is 1.97. The molecule has 0 aliphatic heterocycles. The third-order valence-corrected chi connectivity index (χ3v) is 3.40. The fourth-order valence-electron chi connectivity index (χ4n) is 1.43. The van der Waals surface area contributed by atoms with Crippen molar-refractivity contribution in [3.05, 3.63) is 23.8 Å². The number of nitrogens with one attached hydrogen (secondary N) is 1. The van der Waals surface area contributed by atoms with E-state index >= 15 is 0 Å². The molecule has 1 aromatic rings. The van der Waals surface area contributed by atoms with Gasteiger partial charge in [0.1, 0.15) is 0 Å². The Hall–Kier alpha value is -1.44. The summed E-state index contributed by atoms with van der Waals surface area (Å²) in [6, 6.07) is 4.35. The Bertz CT molecular complexity index is 555. The van der Waals surface area contributed by atoms with Gasteiger partial charge < -0.3 is 10.1 Å². The summed E-state index contributed by atoms with van der Waals surface area (Å²) in [6.07, 6.45) is 0.215. The van der Waals surface area contributed by atoms with Crippen LogP contribution in [0, 0.1) is 6.92 Å². The zero-order valence-corrected chi connectivity index (χ0v) is 11.8. The summed E-state index contributed by atoms with van der Waals surface area (Å²) < 4.78 is 27.5. The topological polar surface area (TPSA) is 98.5 Å². The van der Waals surface area contributed by atoms with Crippen LogP contribution in [0.15, 0.2) is 23.1 Å². The summed E-state index contributed by atoms with van der Waals surface area (Å²) in [7, 11) is -3.77. The van der Waals surface area contributed by atoms with Gasteiger partial charge in [-0.1, -0.05) is 6.07 Å². The van der Waals surface area contributed by atoms with Crippen LogP contribution in [0.4, 0.5) is 5.69 Å². The fraction of sp³-hybridized carbons (Fsp3) is 0.417. The van der Waals surface area contributed by atoms with Gasteiger partial charge in [-0.2, -0.15) is 0 Å². The predicted molar refractivity (Wildman–Crippen MR) is 72.3 cm³/mol. The molecule has 0 aliphatic carbocycles. The number of hydrogen-bond donors (Lipinski definition) is 2. The highest BCUT2D eigenvalue weighted by molar-refractivity contribution is 7.89. The number of primary sulfonamides is 1. The highest BCUT2D eigenvalue weighted by atomic mass is 32.2. The predicted octanol–water partition coefficient (Wildman–Crippen LogP) is 1.01. The lowest BCUT2D eigenvalue weighted by Crippen LogP contribution is -2.16. The minimum absolute atomic E-state index is 0.0294. The number of carbonyl (C=O) groups excluding carboxylic acids is 1. The number of sulfonamides is 1. The van der Waals surface area contributed by atoms with Crippen molar-refractivity contribution in [3.63, 3.8) is 0 Å². The van der Waals surface area contributed by atoms with Crippen LogP contribution in [0.1, 0.15) is 18.9 Å². The quantitative estimate of drug-likeness (QED) is 0.762. The first-order valence-electron chi connectivity index (χ1n) is 5.85. The Balaban J connectivity index is 2.80. The van der Waals surface area contributed by atoms with Crippen LogP contribution >= 0.6 is 0 Å². The zero-order valence-electron chi connectivity index (χ0n) is 11.0. The number of benzene rings is 1. The number of carbonyl (C=O) groups is 1. The van der Waals surface area contributed by atoms with Crippen molar-refractivity contribution in [2.45, 2.75) is 25.2 Å². The maximum absolute atomic E-state index is 11.6. The number of hydrogen-bond acceptors (Lipinski definition) is 4. The molecule has 0 atom stereocenters. The number of ether oxygens (including phenoxy) is 1. The lowest BCUT2D eigenvalue weighted by atomic mass is 10.2. The summed E-state index contributed by atoms with van der Waals surface area (Å²) in [5.41, 5.74) is 1.20. The molecule has 0 bridgehead atoms. The lowest BCUT2D eigenvalue weighted by Gasteiger charge is -2.10. The number of amides is 1. The van der Waals surface area contributed by atoms with Crippen molar-refractivity contribution in [1.82, 2.24) is 0 Å². The van der Waals surface area contributed by atoms with E-state index in [2.05, 4.69) is 5.32 Å². The van der Waals surface area contributed by atoms with Crippen molar-refractivity contribution in [2.24, 2.45) is 5.14 Å². The van der Waals surface area contributed by atoms with E-state index in [-0.39, 0.29) is 17.2 Å². The van der Waals surface area contributed by atoms with E-state index in [4.69, 9.17) is 9.88 Å². The molecule has 1 rings (SSSR count). The largest absolute Gasteiger partial charge is 0.381 e. The molecule has 7 heteroatoms. The first-order chi connectivity index (χ1) is 8.84. The molecule has 1 amide bonds. The summed E-state index contributed by atoms with van der Waals surface area (Å²) in [6.45, 7) is 4.49. The number of rotatable bonds is 6. The molecule has 6 nitrogen and oxygen atoms in total. The van der Waals surface area contributed by atoms with E-state index in [0.29, 0.717) is 18.9 Å². The van der Waals surface area contributed by atoms with Gasteiger partial charge in [0.25, 0.3) is 0 Å². The van der Waals surface area contributed by atoms with Gasteiger partial charge in [-0.05, 0) is 31.5 Å². The third-order valence-electron chi connectivity index (χ3n) is 2.49. The molecule has 3 N–H and O–H groups in total. The van der Waals surface area contributed by atoms with Crippen molar-refractivity contribution in [2.75, 3.05) is 18.5 Å². The molecule has 106 valence electrons. The van der Waals surface area contributed by atoms with E-state index in [0.717, 1.165) is 5.56 Å². The van der Waals surface area contributed by atoms with Crippen LogP contribution in [0.5, 0.6) is 0 Å². The van der Waals surface area contributed by atoms with Gasteiger partial charge in [-0.3, -0.25) is 4.79 Å². The molecule has 0 spiro atoms. The van der Waals surface area contributed by atoms with Crippen LogP contribution < -0.4 is 10.5 Å². The van der Waals surface area contributed by atoms with Crippen LogP contribution in [0.2, 0.25) is 0 Å². The van der Waals surface area contributed by atoms with Crippen LogP contribution in [-0.2, 0) is 19.6 Å². The number of anilines is 1. The molecular weight excluding hydrogens is 268 g/mol. The highest BCUT2D eigenvalue weighted by Gasteiger charge is 2.11. The molecule has 0 fully saturated rings. The maximum atomic E-state index is 11.6. The monoisotopic (exact) mass is 286 g/mol. The van der Waals surface area contributed by atoms with Gasteiger partial charge in [0.15, 0.2) is 0 Å². The zero-order chi connectivity index (χ0) is 14.5. The first kappa shape index (κ1) is 15.6. The van der Waals surface area contributed by atoms with Crippen LogP contribution in [-0.4, -0.2) is 27.5 Å². The van der Waals surface area contributed by atoms with Gasteiger partial charge in [0.2, 0.25) is 15.9 Å². The van der Waals surface area contributed by atoms with E-state index < -0.39 is 10.0 Å². The van der Waals surface area contributed by atoms with E-state index in [1.807, 2.05) is 6.92 Å². The molecule has 19 heavy (non-hydrogen) atoms. The highest BCUT2D eigenvalue weighted by Crippen LogP contribution is 2.19. The number of nitrogens with two attached hydrogens (primary N) is 1. The molecule has 0 radical (unpaired) electrons. The van der Waals surface area contributed by atoms with Crippen molar-refractivity contribution >= 4 is 21.6 Å². The Morgan fingerprint density at radius 1 is 1.42 bits per heavy atom. The molecule has 0 saturated heterocycles. The molecule has 0 aromatic heterocycles. The summed E-state index contributed by atoms with van der Waals surface area (Å²) >= 11 is 0. The van der Waals surface area contributed by atoms with Gasteiger partial charge >= 0.3 is 0 Å². The average Bonchev–Trinajstić information content (AvgIpc) is 2.31. The van der Waals surface area contributed by atoms with Gasteiger partial charge in [0, 0.05) is 12.3 Å². The number of aryl methyl sites for hydroxylation is 1. The third kappa shape index (κ3) is 4.98. The van der Waals surface area contributed by atoms with Crippen molar-refractivity contribution in [3.8, 4) is 0 Å². The Labute approximate surface area is 113 Å². The maximum Gasteiger partial charge on any atom is 0.238 e. The lowest BCUT2D eigenvalue weighted by molar-refractivity contribution is -0.117. The summed E-state index contributed by atoms with van der Waals surface area (Å²) in [5.74, 6) is -0.233.